The van der Waals surface area contributed by atoms with Crippen LogP contribution in [0, 0.1) is 19.3 Å². The zero-order valence-electron chi connectivity index (χ0n) is 17.4. The van der Waals surface area contributed by atoms with Crippen LogP contribution in [0.1, 0.15) is 43.1 Å². The van der Waals surface area contributed by atoms with Crippen LogP contribution in [0.3, 0.4) is 0 Å². The smallest absolute Gasteiger partial charge is 0.283 e. The highest BCUT2D eigenvalue weighted by atomic mass is 35.5. The number of amides is 1. The number of carbonyl (C=O) groups is 1. The normalized spacial score (nSPS) is 17.3. The van der Waals surface area contributed by atoms with Crippen LogP contribution < -0.4 is 0 Å². The van der Waals surface area contributed by atoms with Crippen LogP contribution >= 0.6 is 35.0 Å². The van der Waals surface area contributed by atoms with E-state index in [1.54, 1.807) is 18.2 Å². The minimum atomic E-state index is -0.426. The van der Waals surface area contributed by atoms with Crippen LogP contribution in [-0.4, -0.2) is 31.5 Å². The number of carbonyl (C=O) groups excluding carboxylic acids is 1. The van der Waals surface area contributed by atoms with Crippen LogP contribution in [0.25, 0.3) is 11.8 Å². The maximum absolute atomic E-state index is 12.7. The molecule has 1 amide bonds. The van der Waals surface area contributed by atoms with Gasteiger partial charge >= 0.3 is 0 Å². The Hall–Kier alpha value is -2.35. The first kappa shape index (κ1) is 21.9. The largest absolute Gasteiger partial charge is 0.316 e. The minimum absolute atomic E-state index is 0.0447. The van der Waals surface area contributed by atoms with Crippen molar-refractivity contribution >= 4 is 63.0 Å². The fraction of sp³-hybridized carbons (Fsp3) is 0.273. The molecule has 31 heavy (non-hydrogen) atoms. The Balaban J connectivity index is 1.71. The highest BCUT2D eigenvalue weighted by Crippen LogP contribution is 2.32. The summed E-state index contributed by atoms with van der Waals surface area (Å²) in [7, 11) is 0. The van der Waals surface area contributed by atoms with E-state index in [0.29, 0.717) is 15.2 Å². The molecule has 3 heterocycles. The lowest BCUT2D eigenvalue weighted by atomic mass is 10.1. The van der Waals surface area contributed by atoms with Crippen molar-refractivity contribution in [2.24, 2.45) is 10.1 Å². The number of aryl methyl sites for hydroxylation is 1. The van der Waals surface area contributed by atoms with Gasteiger partial charge in [0.2, 0.25) is 5.17 Å². The van der Waals surface area contributed by atoms with Crippen molar-refractivity contribution in [1.82, 2.24) is 9.58 Å². The number of benzene rings is 1. The number of aromatic nitrogens is 1. The number of rotatable bonds is 5. The second-order valence-corrected chi connectivity index (χ2v) is 9.26. The van der Waals surface area contributed by atoms with Crippen LogP contribution in [0.4, 0.5) is 0 Å². The average molecular weight is 474 g/mol. The van der Waals surface area contributed by atoms with E-state index in [1.807, 2.05) is 30.5 Å². The Morgan fingerprint density at radius 3 is 2.71 bits per heavy atom. The van der Waals surface area contributed by atoms with Gasteiger partial charge < -0.3 is 4.57 Å². The Labute approximate surface area is 195 Å². The van der Waals surface area contributed by atoms with E-state index < -0.39 is 5.91 Å². The predicted molar refractivity (Wildman–Crippen MR) is 130 cm³/mol. The molecule has 0 saturated heterocycles. The SMILES string of the molecule is CCCCC1=NN2C(=N)/C(=C\c3cc(C)n(-c4ccc(Cl)cc4Cl)c3C)C(=O)N=C2S1. The number of nitrogens with one attached hydrogen (secondary N) is 1. The average Bonchev–Trinajstić information content (AvgIpc) is 3.24. The Morgan fingerprint density at radius 2 is 2.00 bits per heavy atom. The summed E-state index contributed by atoms with van der Waals surface area (Å²) < 4.78 is 2.00. The van der Waals surface area contributed by atoms with Crippen LogP contribution in [0.2, 0.25) is 10.0 Å². The van der Waals surface area contributed by atoms with Gasteiger partial charge in [0.15, 0.2) is 5.84 Å². The van der Waals surface area contributed by atoms with E-state index in [2.05, 4.69) is 17.0 Å². The maximum Gasteiger partial charge on any atom is 0.283 e. The molecule has 0 atom stereocenters. The number of nitrogens with zero attached hydrogens (tertiary/aromatic N) is 4. The van der Waals surface area contributed by atoms with Gasteiger partial charge in [0.1, 0.15) is 5.04 Å². The topological polar surface area (TPSA) is 73.8 Å². The Kier molecular flexibility index (Phi) is 6.10. The molecule has 0 saturated carbocycles. The highest BCUT2D eigenvalue weighted by molar-refractivity contribution is 8.26. The van der Waals surface area contributed by atoms with Gasteiger partial charge in [-0.1, -0.05) is 36.5 Å². The number of unbranched alkanes of at least 4 members (excludes halogenated alkanes) is 1. The van der Waals surface area contributed by atoms with Gasteiger partial charge in [0.25, 0.3) is 5.91 Å². The molecule has 0 fully saturated rings. The molecule has 0 bridgehead atoms. The van der Waals surface area contributed by atoms with E-state index in [1.165, 1.54) is 16.8 Å². The number of aliphatic imine (C=N–C) groups is 1. The summed E-state index contributed by atoms with van der Waals surface area (Å²) in [6.07, 6.45) is 4.59. The quantitative estimate of drug-likeness (QED) is 0.524. The molecule has 0 aliphatic carbocycles. The number of hydrazone groups is 1. The van der Waals surface area contributed by atoms with E-state index in [0.717, 1.165) is 46.9 Å². The molecule has 0 unspecified atom stereocenters. The van der Waals surface area contributed by atoms with Crippen molar-refractivity contribution in [3.05, 3.63) is 56.8 Å². The summed E-state index contributed by atoms with van der Waals surface area (Å²) in [5, 5.41) is 17.0. The standard InChI is InChI=1S/C22H21Cl2N5OS/c1-4-5-6-19-27-29-20(25)16(21(30)26-22(29)31-19)10-14-9-12(2)28(13(14)3)18-8-7-15(23)11-17(18)24/h7-11,25H,4-6H2,1-3H3/b16-10+,25-20?. The van der Waals surface area contributed by atoms with Gasteiger partial charge in [-0.2, -0.15) is 15.1 Å². The molecular weight excluding hydrogens is 453 g/mol. The van der Waals surface area contributed by atoms with Crippen molar-refractivity contribution < 1.29 is 4.79 Å². The molecule has 1 N–H and O–H groups in total. The number of thioether (sulfide) groups is 1. The van der Waals surface area contributed by atoms with Gasteiger partial charge in [-0.05, 0) is 74.4 Å². The lowest BCUT2D eigenvalue weighted by molar-refractivity contribution is -0.114. The second kappa shape index (κ2) is 8.65. The predicted octanol–water partition coefficient (Wildman–Crippen LogP) is 6.21. The van der Waals surface area contributed by atoms with Gasteiger partial charge in [-0.25, -0.2) is 0 Å². The first-order valence-electron chi connectivity index (χ1n) is 9.93. The van der Waals surface area contributed by atoms with Crippen LogP contribution in [0.15, 0.2) is 39.9 Å². The number of hydrogen-bond donors (Lipinski definition) is 1. The highest BCUT2D eigenvalue weighted by Gasteiger charge is 2.35. The molecule has 2 aliphatic rings. The first-order valence-corrected chi connectivity index (χ1v) is 11.5. The minimum Gasteiger partial charge on any atom is -0.316 e. The molecule has 0 radical (unpaired) electrons. The molecule has 0 spiro atoms. The fourth-order valence-corrected chi connectivity index (χ4v) is 5.00. The first-order chi connectivity index (χ1) is 14.8. The van der Waals surface area contributed by atoms with Gasteiger partial charge in [0.05, 0.1) is 16.3 Å². The zero-order valence-corrected chi connectivity index (χ0v) is 19.7. The van der Waals surface area contributed by atoms with Crippen molar-refractivity contribution in [2.75, 3.05) is 0 Å². The summed E-state index contributed by atoms with van der Waals surface area (Å²) in [4.78, 5) is 16.9. The maximum atomic E-state index is 12.7. The van der Waals surface area contributed by atoms with E-state index in [-0.39, 0.29) is 11.4 Å². The van der Waals surface area contributed by atoms with Crippen molar-refractivity contribution in [3.63, 3.8) is 0 Å². The summed E-state index contributed by atoms with van der Waals surface area (Å²) >= 11 is 13.8. The molecule has 4 rings (SSSR count). The van der Waals surface area contributed by atoms with Crippen molar-refractivity contribution in [3.8, 4) is 5.69 Å². The number of hydrogen-bond acceptors (Lipinski definition) is 4. The molecule has 2 aromatic rings. The number of halogens is 2. The van der Waals surface area contributed by atoms with Gasteiger partial charge in [-0.15, -0.1) is 0 Å². The van der Waals surface area contributed by atoms with Gasteiger partial charge in [0, 0.05) is 16.4 Å². The van der Waals surface area contributed by atoms with E-state index >= 15 is 0 Å². The lowest BCUT2D eigenvalue weighted by Gasteiger charge is -2.20. The molecule has 6 nitrogen and oxygen atoms in total. The number of fused-ring (bicyclic) bond motifs is 1. The molecule has 2 aliphatic heterocycles. The fourth-order valence-electron chi connectivity index (χ4n) is 3.58. The third-order valence-corrected chi connectivity index (χ3v) is 6.67. The second-order valence-electron chi connectivity index (χ2n) is 7.37. The van der Waals surface area contributed by atoms with Crippen molar-refractivity contribution in [1.29, 1.82) is 5.41 Å². The molecule has 9 heteroatoms. The van der Waals surface area contributed by atoms with Crippen LogP contribution in [-0.2, 0) is 4.79 Å². The zero-order chi connectivity index (χ0) is 22.3. The molecule has 1 aromatic carbocycles. The molecule has 160 valence electrons. The Morgan fingerprint density at radius 1 is 1.23 bits per heavy atom. The molecule has 1 aromatic heterocycles. The Bertz CT molecular complexity index is 1190. The van der Waals surface area contributed by atoms with Crippen LogP contribution in [0.5, 0.6) is 0 Å². The third-order valence-electron chi connectivity index (χ3n) is 5.16. The summed E-state index contributed by atoms with van der Waals surface area (Å²) in [5.41, 5.74) is 3.68. The lowest BCUT2D eigenvalue weighted by Crippen LogP contribution is -2.35. The summed E-state index contributed by atoms with van der Waals surface area (Å²) in [5.74, 6) is -0.381. The van der Waals surface area contributed by atoms with E-state index in [9.17, 15) is 4.79 Å². The monoisotopic (exact) mass is 473 g/mol. The summed E-state index contributed by atoms with van der Waals surface area (Å²) in [6.45, 7) is 6.03. The van der Waals surface area contributed by atoms with E-state index in [4.69, 9.17) is 28.6 Å². The third kappa shape index (κ3) is 4.10. The molecular formula is C22H21Cl2N5OS. The number of amidine groups is 2. The van der Waals surface area contributed by atoms with Gasteiger partial charge in [-0.3, -0.25) is 10.2 Å². The van der Waals surface area contributed by atoms with Crippen molar-refractivity contribution in [2.45, 2.75) is 40.0 Å². The summed E-state index contributed by atoms with van der Waals surface area (Å²) in [6, 6.07) is 7.31.